The molecule has 1 aliphatic rings. The molecule has 1 aliphatic heterocycles. The lowest BCUT2D eigenvalue weighted by atomic mass is 10.0. The number of amides is 2. The van der Waals surface area contributed by atoms with Crippen molar-refractivity contribution in [3.05, 3.63) is 64.7 Å². The first-order chi connectivity index (χ1) is 14.0. The number of benzene rings is 2. The summed E-state index contributed by atoms with van der Waals surface area (Å²) in [5.74, 6) is 0.921. The van der Waals surface area contributed by atoms with Crippen molar-refractivity contribution in [3.8, 4) is 5.75 Å². The number of piperidine rings is 1. The van der Waals surface area contributed by atoms with Gasteiger partial charge in [0.2, 0.25) is 5.91 Å². The van der Waals surface area contributed by atoms with Gasteiger partial charge in [-0.1, -0.05) is 18.2 Å². The van der Waals surface area contributed by atoms with Crippen LogP contribution in [0.1, 0.15) is 46.8 Å². The molecule has 0 saturated carbocycles. The summed E-state index contributed by atoms with van der Waals surface area (Å²) in [6.07, 6.45) is 1.96. The van der Waals surface area contributed by atoms with Gasteiger partial charge < -0.3 is 15.0 Å². The van der Waals surface area contributed by atoms with Gasteiger partial charge in [-0.25, -0.2) is 0 Å². The van der Waals surface area contributed by atoms with Crippen LogP contribution in [0, 0.1) is 13.8 Å². The summed E-state index contributed by atoms with van der Waals surface area (Å²) in [6, 6.07) is 13.6. The van der Waals surface area contributed by atoms with Gasteiger partial charge in [-0.2, -0.15) is 0 Å². The van der Waals surface area contributed by atoms with Crippen molar-refractivity contribution in [2.75, 3.05) is 19.7 Å². The molecule has 0 aliphatic carbocycles. The van der Waals surface area contributed by atoms with Gasteiger partial charge in [-0.15, -0.1) is 0 Å². The Bertz CT molecular complexity index is 853. The summed E-state index contributed by atoms with van der Waals surface area (Å²) in [7, 11) is 0. The molecule has 2 aromatic rings. The molecule has 0 radical (unpaired) electrons. The zero-order valence-corrected chi connectivity index (χ0v) is 17.5. The minimum atomic E-state index is -0.0349. The van der Waals surface area contributed by atoms with Crippen molar-refractivity contribution < 1.29 is 14.3 Å². The van der Waals surface area contributed by atoms with Gasteiger partial charge in [0.25, 0.3) is 5.91 Å². The summed E-state index contributed by atoms with van der Waals surface area (Å²) >= 11 is 0. The number of rotatable bonds is 6. The molecule has 2 aromatic carbocycles. The Morgan fingerprint density at radius 3 is 2.34 bits per heavy atom. The molecular formula is C24H30N2O3. The Hall–Kier alpha value is -2.82. The average molecular weight is 395 g/mol. The van der Waals surface area contributed by atoms with Crippen molar-refractivity contribution in [1.29, 1.82) is 0 Å². The second-order valence-corrected chi connectivity index (χ2v) is 7.68. The Morgan fingerprint density at radius 1 is 1.03 bits per heavy atom. The van der Waals surface area contributed by atoms with Crippen molar-refractivity contribution in [1.82, 2.24) is 10.2 Å². The fourth-order valence-electron chi connectivity index (χ4n) is 3.58. The fraction of sp³-hybridized carbons (Fsp3) is 0.417. The first kappa shape index (κ1) is 20.9. The third kappa shape index (κ3) is 5.59. The second kappa shape index (κ2) is 9.59. The van der Waals surface area contributed by atoms with Crippen LogP contribution in [0.4, 0.5) is 0 Å². The number of hydrogen-bond donors (Lipinski definition) is 1. The standard InChI is InChI=1S/C24H30N2O3/c1-4-29-22-9-6-19(7-10-22)16-23(27)26-13-11-21(12-14-26)25-24(28)20-8-5-17(2)18(3)15-20/h5-10,15,21H,4,11-14,16H2,1-3H3,(H,25,28). The van der Waals surface area contributed by atoms with E-state index in [1.165, 1.54) is 5.56 Å². The highest BCUT2D eigenvalue weighted by molar-refractivity contribution is 5.94. The molecule has 5 nitrogen and oxygen atoms in total. The van der Waals surface area contributed by atoms with Crippen LogP contribution in [0.2, 0.25) is 0 Å². The van der Waals surface area contributed by atoms with Crippen LogP contribution in [-0.4, -0.2) is 42.5 Å². The predicted molar refractivity (Wildman–Crippen MR) is 114 cm³/mol. The van der Waals surface area contributed by atoms with E-state index in [9.17, 15) is 9.59 Å². The molecule has 1 saturated heterocycles. The highest BCUT2D eigenvalue weighted by Crippen LogP contribution is 2.16. The zero-order valence-electron chi connectivity index (χ0n) is 17.5. The van der Waals surface area contributed by atoms with Gasteiger partial charge in [-0.05, 0) is 74.6 Å². The molecule has 5 heteroatoms. The van der Waals surface area contributed by atoms with E-state index >= 15 is 0 Å². The summed E-state index contributed by atoms with van der Waals surface area (Å²) in [5, 5.41) is 3.12. The van der Waals surface area contributed by atoms with Crippen LogP contribution in [0.5, 0.6) is 5.75 Å². The van der Waals surface area contributed by atoms with Crippen molar-refractivity contribution in [2.24, 2.45) is 0 Å². The van der Waals surface area contributed by atoms with Crippen LogP contribution in [0.3, 0.4) is 0 Å². The lowest BCUT2D eigenvalue weighted by Crippen LogP contribution is -2.47. The van der Waals surface area contributed by atoms with Crippen molar-refractivity contribution in [2.45, 2.75) is 46.1 Å². The first-order valence-corrected chi connectivity index (χ1v) is 10.3. The Kier molecular flexibility index (Phi) is 6.91. The van der Waals surface area contributed by atoms with Gasteiger partial charge >= 0.3 is 0 Å². The number of nitrogens with one attached hydrogen (secondary N) is 1. The maximum Gasteiger partial charge on any atom is 0.251 e. The zero-order chi connectivity index (χ0) is 20.8. The van der Waals surface area contributed by atoms with Gasteiger partial charge in [0.15, 0.2) is 0 Å². The lowest BCUT2D eigenvalue weighted by Gasteiger charge is -2.32. The topological polar surface area (TPSA) is 58.6 Å². The number of hydrogen-bond acceptors (Lipinski definition) is 3. The molecule has 1 fully saturated rings. The van der Waals surface area contributed by atoms with Gasteiger partial charge in [0.05, 0.1) is 13.0 Å². The molecule has 0 aromatic heterocycles. The Morgan fingerprint density at radius 2 is 1.72 bits per heavy atom. The van der Waals surface area contributed by atoms with Crippen molar-refractivity contribution in [3.63, 3.8) is 0 Å². The van der Waals surface area contributed by atoms with Crippen molar-refractivity contribution >= 4 is 11.8 Å². The van der Waals surface area contributed by atoms with Crippen LogP contribution in [0.15, 0.2) is 42.5 Å². The molecule has 1 heterocycles. The first-order valence-electron chi connectivity index (χ1n) is 10.3. The molecule has 29 heavy (non-hydrogen) atoms. The number of likely N-dealkylation sites (tertiary alicyclic amines) is 1. The number of aryl methyl sites for hydroxylation is 2. The van der Waals surface area contributed by atoms with E-state index in [0.29, 0.717) is 31.7 Å². The molecule has 0 spiro atoms. The van der Waals surface area contributed by atoms with Crippen LogP contribution < -0.4 is 10.1 Å². The van der Waals surface area contributed by atoms with Gasteiger partial charge in [0, 0.05) is 24.7 Å². The molecule has 2 amide bonds. The van der Waals surface area contributed by atoms with Crippen LogP contribution >= 0.6 is 0 Å². The van der Waals surface area contributed by atoms with Crippen LogP contribution in [-0.2, 0) is 11.2 Å². The van der Waals surface area contributed by atoms with E-state index in [2.05, 4.69) is 5.32 Å². The van der Waals surface area contributed by atoms with E-state index in [-0.39, 0.29) is 17.9 Å². The normalized spacial score (nSPS) is 14.5. The minimum Gasteiger partial charge on any atom is -0.494 e. The van der Waals surface area contributed by atoms with E-state index in [4.69, 9.17) is 4.74 Å². The summed E-state index contributed by atoms with van der Waals surface area (Å²) in [5.41, 5.74) is 3.99. The third-order valence-electron chi connectivity index (χ3n) is 5.54. The lowest BCUT2D eigenvalue weighted by molar-refractivity contribution is -0.131. The molecular weight excluding hydrogens is 364 g/mol. The Labute approximate surface area is 173 Å². The van der Waals surface area contributed by atoms with Crippen LogP contribution in [0.25, 0.3) is 0 Å². The SMILES string of the molecule is CCOc1ccc(CC(=O)N2CCC(NC(=O)c3ccc(C)c(C)c3)CC2)cc1. The van der Waals surface area contributed by atoms with Gasteiger partial charge in [0.1, 0.15) is 5.75 Å². The number of carbonyl (C=O) groups excluding carboxylic acids is 2. The Balaban J connectivity index is 1.47. The van der Waals surface area contributed by atoms with E-state index in [1.807, 2.05) is 68.1 Å². The predicted octanol–water partition coefficient (Wildman–Crippen LogP) is 3.67. The highest BCUT2D eigenvalue weighted by atomic mass is 16.5. The monoisotopic (exact) mass is 394 g/mol. The largest absolute Gasteiger partial charge is 0.494 e. The number of nitrogens with zero attached hydrogens (tertiary/aromatic N) is 1. The maximum atomic E-state index is 12.6. The summed E-state index contributed by atoms with van der Waals surface area (Å²) in [6.45, 7) is 7.98. The fourth-order valence-corrected chi connectivity index (χ4v) is 3.58. The molecule has 0 bridgehead atoms. The quantitative estimate of drug-likeness (QED) is 0.813. The maximum absolute atomic E-state index is 12.6. The molecule has 1 N–H and O–H groups in total. The van der Waals surface area contributed by atoms with E-state index < -0.39 is 0 Å². The summed E-state index contributed by atoms with van der Waals surface area (Å²) in [4.78, 5) is 27.0. The number of carbonyl (C=O) groups is 2. The molecule has 154 valence electrons. The van der Waals surface area contributed by atoms with E-state index in [1.54, 1.807) is 0 Å². The third-order valence-corrected chi connectivity index (χ3v) is 5.54. The molecule has 0 atom stereocenters. The van der Waals surface area contributed by atoms with E-state index in [0.717, 1.165) is 29.7 Å². The minimum absolute atomic E-state index is 0.0349. The highest BCUT2D eigenvalue weighted by Gasteiger charge is 2.24. The second-order valence-electron chi connectivity index (χ2n) is 7.68. The molecule has 0 unspecified atom stereocenters. The summed E-state index contributed by atoms with van der Waals surface area (Å²) < 4.78 is 5.44. The molecule has 3 rings (SSSR count). The number of ether oxygens (including phenoxy) is 1. The average Bonchev–Trinajstić information content (AvgIpc) is 2.72. The van der Waals surface area contributed by atoms with Gasteiger partial charge in [-0.3, -0.25) is 9.59 Å². The smallest absolute Gasteiger partial charge is 0.251 e.